The first-order valence-corrected chi connectivity index (χ1v) is 10.2. The van der Waals surface area contributed by atoms with Crippen LogP contribution in [-0.2, 0) is 11.2 Å². The van der Waals surface area contributed by atoms with E-state index in [-0.39, 0.29) is 11.8 Å². The Morgan fingerprint density at radius 1 is 1.06 bits per heavy atom. The molecule has 4 rings (SSSR count). The summed E-state index contributed by atoms with van der Waals surface area (Å²) < 4.78 is 5.47. The maximum absolute atomic E-state index is 13.3. The van der Waals surface area contributed by atoms with Crippen LogP contribution in [0.25, 0.3) is 22.4 Å². The molecular formula is C24H20ClN3O3. The molecule has 0 bridgehead atoms. The summed E-state index contributed by atoms with van der Waals surface area (Å²) in [5.74, 6) is 0.190. The summed E-state index contributed by atoms with van der Waals surface area (Å²) in [6, 6.07) is 18.0. The molecule has 0 fully saturated rings. The zero-order valence-corrected chi connectivity index (χ0v) is 17.6. The number of pyridine rings is 1. The number of furan rings is 1. The maximum atomic E-state index is 13.3. The number of rotatable bonds is 6. The maximum Gasteiger partial charge on any atom is 0.256 e. The Kier molecular flexibility index (Phi) is 6.00. The number of fused-ring (bicyclic) bond motifs is 1. The number of anilines is 1. The molecular weight excluding hydrogens is 414 g/mol. The third-order valence-corrected chi connectivity index (χ3v) is 5.28. The number of nitrogens with zero attached hydrogens (tertiary/aromatic N) is 1. The van der Waals surface area contributed by atoms with Gasteiger partial charge in [-0.25, -0.2) is 4.98 Å². The summed E-state index contributed by atoms with van der Waals surface area (Å²) in [7, 11) is 1.60. The van der Waals surface area contributed by atoms with Crippen LogP contribution in [0.5, 0.6) is 0 Å². The second-order valence-electron chi connectivity index (χ2n) is 6.95. The molecule has 7 heteroatoms. The van der Waals surface area contributed by atoms with Gasteiger partial charge >= 0.3 is 0 Å². The molecule has 156 valence electrons. The van der Waals surface area contributed by atoms with Crippen LogP contribution in [0.3, 0.4) is 0 Å². The van der Waals surface area contributed by atoms with E-state index in [1.165, 1.54) is 0 Å². The third kappa shape index (κ3) is 4.44. The Hall–Kier alpha value is -3.64. The number of para-hydroxylation sites is 2. The van der Waals surface area contributed by atoms with Crippen LogP contribution in [-0.4, -0.2) is 23.8 Å². The van der Waals surface area contributed by atoms with E-state index in [1.807, 2.05) is 30.3 Å². The first kappa shape index (κ1) is 20.6. The fourth-order valence-electron chi connectivity index (χ4n) is 3.37. The molecule has 0 aliphatic rings. The molecule has 0 saturated heterocycles. The highest BCUT2D eigenvalue weighted by molar-refractivity contribution is 6.35. The minimum atomic E-state index is -0.296. The van der Waals surface area contributed by atoms with Crippen molar-refractivity contribution in [3.63, 3.8) is 0 Å². The fraction of sp³-hybridized carbons (Fsp3) is 0.125. The number of carbonyl (C=O) groups is 2. The summed E-state index contributed by atoms with van der Waals surface area (Å²) in [5, 5.41) is 6.68. The van der Waals surface area contributed by atoms with Gasteiger partial charge in [-0.1, -0.05) is 41.9 Å². The molecule has 2 amide bonds. The Bertz CT molecular complexity index is 1250. The van der Waals surface area contributed by atoms with Crippen LogP contribution in [0, 0.1) is 0 Å². The molecule has 0 atom stereocenters. The van der Waals surface area contributed by atoms with Crippen LogP contribution in [0.2, 0.25) is 5.02 Å². The molecule has 0 saturated carbocycles. The topological polar surface area (TPSA) is 84.2 Å². The number of nitrogens with one attached hydrogen (secondary N) is 2. The van der Waals surface area contributed by atoms with Gasteiger partial charge in [0.25, 0.3) is 5.91 Å². The Morgan fingerprint density at radius 2 is 1.90 bits per heavy atom. The molecule has 0 aliphatic carbocycles. The Morgan fingerprint density at radius 3 is 2.68 bits per heavy atom. The Labute approximate surface area is 184 Å². The molecule has 4 aromatic rings. The zero-order valence-electron chi connectivity index (χ0n) is 16.8. The van der Waals surface area contributed by atoms with Crippen molar-refractivity contribution in [2.45, 2.75) is 12.8 Å². The third-order valence-electron chi connectivity index (χ3n) is 4.97. The SMILES string of the molecule is CNC(=O)CCc1ccccc1NC(=O)c1cc(-c2ccco2)nc2c(Cl)cccc12. The van der Waals surface area contributed by atoms with Crippen molar-refractivity contribution in [2.75, 3.05) is 12.4 Å². The number of amides is 2. The highest BCUT2D eigenvalue weighted by Gasteiger charge is 2.18. The van der Waals surface area contributed by atoms with E-state index in [0.717, 1.165) is 5.56 Å². The fourth-order valence-corrected chi connectivity index (χ4v) is 3.59. The largest absolute Gasteiger partial charge is 0.463 e. The summed E-state index contributed by atoms with van der Waals surface area (Å²) in [5.41, 5.74) is 3.00. The van der Waals surface area contributed by atoms with Crippen molar-refractivity contribution in [1.29, 1.82) is 0 Å². The summed E-state index contributed by atoms with van der Waals surface area (Å²) in [6.07, 6.45) is 2.40. The molecule has 0 aliphatic heterocycles. The predicted molar refractivity (Wildman–Crippen MR) is 121 cm³/mol. The molecule has 0 spiro atoms. The van der Waals surface area contributed by atoms with Crippen molar-refractivity contribution < 1.29 is 14.0 Å². The zero-order chi connectivity index (χ0) is 21.8. The van der Waals surface area contributed by atoms with E-state index in [2.05, 4.69) is 15.6 Å². The first-order chi connectivity index (χ1) is 15.1. The van der Waals surface area contributed by atoms with E-state index in [0.29, 0.717) is 51.5 Å². The minimum absolute atomic E-state index is 0.0565. The van der Waals surface area contributed by atoms with Crippen LogP contribution in [0.15, 0.2) is 71.3 Å². The molecule has 6 nitrogen and oxygen atoms in total. The number of benzene rings is 2. The molecule has 31 heavy (non-hydrogen) atoms. The monoisotopic (exact) mass is 433 g/mol. The molecule has 2 N–H and O–H groups in total. The van der Waals surface area contributed by atoms with Gasteiger partial charge < -0.3 is 15.1 Å². The highest BCUT2D eigenvalue weighted by atomic mass is 35.5. The molecule has 2 aromatic carbocycles. The van der Waals surface area contributed by atoms with Gasteiger partial charge in [-0.2, -0.15) is 0 Å². The molecule has 0 unspecified atom stereocenters. The van der Waals surface area contributed by atoms with Gasteiger partial charge in [-0.05, 0) is 42.3 Å². The molecule has 2 aromatic heterocycles. The van der Waals surface area contributed by atoms with Crippen LogP contribution in [0.1, 0.15) is 22.3 Å². The lowest BCUT2D eigenvalue weighted by atomic mass is 10.0. The number of halogens is 1. The van der Waals surface area contributed by atoms with E-state index >= 15 is 0 Å². The quantitative estimate of drug-likeness (QED) is 0.444. The number of aryl methyl sites for hydroxylation is 1. The normalized spacial score (nSPS) is 10.8. The molecule has 0 radical (unpaired) electrons. The second-order valence-corrected chi connectivity index (χ2v) is 7.36. The van der Waals surface area contributed by atoms with Crippen molar-refractivity contribution in [3.05, 3.63) is 83.1 Å². The lowest BCUT2D eigenvalue weighted by Gasteiger charge is -2.13. The van der Waals surface area contributed by atoms with Crippen molar-refractivity contribution in [2.24, 2.45) is 0 Å². The predicted octanol–water partition coefficient (Wildman–Crippen LogP) is 5.08. The summed E-state index contributed by atoms with van der Waals surface area (Å²) >= 11 is 6.37. The number of carbonyl (C=O) groups excluding carboxylic acids is 2. The summed E-state index contributed by atoms with van der Waals surface area (Å²) in [6.45, 7) is 0. The van der Waals surface area contributed by atoms with Crippen molar-refractivity contribution >= 4 is 40.0 Å². The highest BCUT2D eigenvalue weighted by Crippen LogP contribution is 2.30. The van der Waals surface area contributed by atoms with E-state index in [1.54, 1.807) is 43.6 Å². The lowest BCUT2D eigenvalue weighted by Crippen LogP contribution is -2.19. The van der Waals surface area contributed by atoms with Gasteiger partial charge in [0.1, 0.15) is 5.69 Å². The van der Waals surface area contributed by atoms with Gasteiger partial charge in [0.15, 0.2) is 5.76 Å². The van der Waals surface area contributed by atoms with E-state index < -0.39 is 0 Å². The van der Waals surface area contributed by atoms with E-state index in [9.17, 15) is 9.59 Å². The van der Waals surface area contributed by atoms with Gasteiger partial charge in [0.05, 0.1) is 22.4 Å². The van der Waals surface area contributed by atoms with Gasteiger partial charge in [-0.3, -0.25) is 9.59 Å². The van der Waals surface area contributed by atoms with Crippen LogP contribution in [0.4, 0.5) is 5.69 Å². The Balaban J connectivity index is 1.72. The standard InChI is InChI=1S/C24H20ClN3O3/c1-26-22(29)12-11-15-6-2-3-9-19(15)28-24(30)17-14-20(21-10-5-13-31-21)27-23-16(17)7-4-8-18(23)25/h2-10,13-14H,11-12H2,1H3,(H,26,29)(H,28,30). The smallest absolute Gasteiger partial charge is 0.256 e. The minimum Gasteiger partial charge on any atom is -0.463 e. The van der Waals surface area contributed by atoms with Gasteiger partial charge in [-0.15, -0.1) is 0 Å². The average Bonchev–Trinajstić information content (AvgIpc) is 3.33. The second kappa shape index (κ2) is 9.02. The summed E-state index contributed by atoms with van der Waals surface area (Å²) in [4.78, 5) is 29.6. The van der Waals surface area contributed by atoms with Crippen molar-refractivity contribution in [3.8, 4) is 11.5 Å². The van der Waals surface area contributed by atoms with Crippen LogP contribution < -0.4 is 10.6 Å². The first-order valence-electron chi connectivity index (χ1n) is 9.80. The van der Waals surface area contributed by atoms with E-state index in [4.69, 9.17) is 16.0 Å². The van der Waals surface area contributed by atoms with Gasteiger partial charge in [0.2, 0.25) is 5.91 Å². The number of aromatic nitrogens is 1. The number of hydrogen-bond acceptors (Lipinski definition) is 4. The van der Waals surface area contributed by atoms with Crippen LogP contribution >= 0.6 is 11.6 Å². The van der Waals surface area contributed by atoms with Gasteiger partial charge in [0, 0.05) is 24.5 Å². The lowest BCUT2D eigenvalue weighted by molar-refractivity contribution is -0.120. The average molecular weight is 434 g/mol. The van der Waals surface area contributed by atoms with Crippen molar-refractivity contribution in [1.82, 2.24) is 10.3 Å². The number of hydrogen-bond donors (Lipinski definition) is 2. The molecule has 2 heterocycles.